The van der Waals surface area contributed by atoms with Crippen molar-refractivity contribution in [3.8, 4) is 0 Å². The van der Waals surface area contributed by atoms with Crippen LogP contribution in [0.2, 0.25) is 18.1 Å². The fourth-order valence-corrected chi connectivity index (χ4v) is 3.78. The minimum atomic E-state index is -1.97. The van der Waals surface area contributed by atoms with E-state index in [0.29, 0.717) is 6.61 Å². The number of methoxy groups -OCH3 is 1. The second-order valence-electron chi connectivity index (χ2n) is 8.56. The number of esters is 1. The summed E-state index contributed by atoms with van der Waals surface area (Å²) >= 11 is 0. The van der Waals surface area contributed by atoms with Crippen LogP contribution in [0.15, 0.2) is 0 Å². The van der Waals surface area contributed by atoms with Crippen LogP contribution in [0.25, 0.3) is 0 Å². The van der Waals surface area contributed by atoms with Gasteiger partial charge in [-0.15, -0.1) is 0 Å². The summed E-state index contributed by atoms with van der Waals surface area (Å²) in [6, 6.07) is -1.65. The van der Waals surface area contributed by atoms with Crippen LogP contribution < -0.4 is 5.32 Å². The summed E-state index contributed by atoms with van der Waals surface area (Å²) in [6.45, 7) is 12.4. The third-order valence-corrected chi connectivity index (χ3v) is 10.0. The third-order valence-electron chi connectivity index (χ3n) is 5.46. The second kappa shape index (κ2) is 9.16. The molecule has 0 radical (unpaired) electrons. The molecule has 1 aliphatic heterocycles. The zero-order chi connectivity index (χ0) is 21.0. The molecule has 0 aliphatic carbocycles. The van der Waals surface area contributed by atoms with Crippen molar-refractivity contribution >= 4 is 26.1 Å². The number of nitrogens with zero attached hydrogens (tertiary/aromatic N) is 1. The van der Waals surface area contributed by atoms with Crippen molar-refractivity contribution in [2.24, 2.45) is 0 Å². The Kier molecular flexibility index (Phi) is 8.00. The molecule has 0 unspecified atom stereocenters. The lowest BCUT2D eigenvalue weighted by molar-refractivity contribution is -0.146. The van der Waals surface area contributed by atoms with Crippen LogP contribution in [0.4, 0.5) is 0 Å². The van der Waals surface area contributed by atoms with Crippen molar-refractivity contribution < 1.29 is 28.7 Å². The number of amides is 2. The van der Waals surface area contributed by atoms with Gasteiger partial charge in [0.25, 0.3) is 0 Å². The molecule has 0 spiro atoms. The Morgan fingerprint density at radius 3 is 2.37 bits per heavy atom. The maximum absolute atomic E-state index is 12.6. The Bertz CT molecular complexity index is 561. The van der Waals surface area contributed by atoms with Gasteiger partial charge in [-0.3, -0.25) is 9.59 Å². The van der Waals surface area contributed by atoms with Gasteiger partial charge in [0.2, 0.25) is 11.8 Å². The van der Waals surface area contributed by atoms with Gasteiger partial charge in [0, 0.05) is 32.9 Å². The SMILES string of the molecule is COC(=O)[C@@H](CCO[Si](C)(C)C(C)(C)C)NC(=O)[C@@H]1C[C@@H](O)CN1C(C)=O. The molecular weight excluding hydrogens is 368 g/mol. The molecule has 27 heavy (non-hydrogen) atoms. The number of aliphatic hydroxyl groups excluding tert-OH is 1. The Morgan fingerprint density at radius 1 is 1.30 bits per heavy atom. The minimum Gasteiger partial charge on any atom is -0.467 e. The van der Waals surface area contributed by atoms with E-state index in [1.165, 1.54) is 18.9 Å². The first kappa shape index (κ1) is 23.6. The molecule has 2 N–H and O–H groups in total. The number of rotatable bonds is 7. The number of hydrogen-bond donors (Lipinski definition) is 2. The smallest absolute Gasteiger partial charge is 0.328 e. The lowest BCUT2D eigenvalue weighted by Gasteiger charge is -2.36. The lowest BCUT2D eigenvalue weighted by atomic mass is 10.1. The fraction of sp³-hybridized carbons (Fsp3) is 0.833. The standard InChI is InChI=1S/C18H34N2O6Si/c1-12(21)20-11-13(22)10-15(20)16(23)19-14(17(24)25-5)8-9-26-27(6,7)18(2,3)4/h13-15,22H,8-11H2,1-7H3,(H,19,23)/t13-,14-,15+/m1/s1. The van der Waals surface area contributed by atoms with Gasteiger partial charge >= 0.3 is 5.97 Å². The van der Waals surface area contributed by atoms with E-state index in [0.717, 1.165) is 0 Å². The summed E-state index contributed by atoms with van der Waals surface area (Å²) in [5.41, 5.74) is 0. The van der Waals surface area contributed by atoms with Crippen LogP contribution >= 0.6 is 0 Å². The second-order valence-corrected chi connectivity index (χ2v) is 13.4. The zero-order valence-corrected chi connectivity index (χ0v) is 18.5. The largest absolute Gasteiger partial charge is 0.467 e. The van der Waals surface area contributed by atoms with E-state index in [1.54, 1.807) is 0 Å². The molecule has 0 bridgehead atoms. The summed E-state index contributed by atoms with van der Waals surface area (Å²) in [5.74, 6) is -1.32. The summed E-state index contributed by atoms with van der Waals surface area (Å²) in [6.07, 6.45) is -0.316. The molecule has 1 rings (SSSR count). The summed E-state index contributed by atoms with van der Waals surface area (Å²) in [4.78, 5) is 37.7. The Hall–Kier alpha value is -1.45. The van der Waals surface area contributed by atoms with Crippen molar-refractivity contribution in [1.82, 2.24) is 10.2 Å². The average molecular weight is 403 g/mol. The Labute approximate surface area is 162 Å². The van der Waals surface area contributed by atoms with Crippen molar-refractivity contribution in [3.05, 3.63) is 0 Å². The molecular formula is C18H34N2O6Si. The number of likely N-dealkylation sites (tertiary alicyclic amines) is 1. The first-order valence-electron chi connectivity index (χ1n) is 9.27. The Morgan fingerprint density at radius 2 is 1.89 bits per heavy atom. The highest BCUT2D eigenvalue weighted by Gasteiger charge is 2.40. The topological polar surface area (TPSA) is 105 Å². The number of ether oxygens (including phenoxy) is 1. The number of β-amino-alcohol motifs (C(OH)–C–C–N with tert-alkyl or cyclic N) is 1. The van der Waals surface area contributed by atoms with Gasteiger partial charge in [0.1, 0.15) is 12.1 Å². The van der Waals surface area contributed by atoms with Gasteiger partial charge in [-0.05, 0) is 18.1 Å². The highest BCUT2D eigenvalue weighted by Crippen LogP contribution is 2.36. The van der Waals surface area contributed by atoms with E-state index in [4.69, 9.17) is 9.16 Å². The average Bonchev–Trinajstić information content (AvgIpc) is 2.94. The van der Waals surface area contributed by atoms with Crippen LogP contribution in [0, 0.1) is 0 Å². The molecule has 0 aromatic rings. The van der Waals surface area contributed by atoms with Crippen LogP contribution in [-0.2, 0) is 23.5 Å². The predicted octanol–water partition coefficient (Wildman–Crippen LogP) is 1.04. The van der Waals surface area contributed by atoms with Gasteiger partial charge in [-0.1, -0.05) is 20.8 Å². The number of carbonyl (C=O) groups excluding carboxylic acids is 3. The van der Waals surface area contributed by atoms with Gasteiger partial charge < -0.3 is 24.5 Å². The van der Waals surface area contributed by atoms with E-state index in [-0.39, 0.29) is 30.3 Å². The summed E-state index contributed by atoms with van der Waals surface area (Å²) < 4.78 is 10.9. The van der Waals surface area contributed by atoms with E-state index in [9.17, 15) is 19.5 Å². The number of nitrogens with one attached hydrogen (secondary N) is 1. The Balaban J connectivity index is 2.74. The van der Waals surface area contributed by atoms with Crippen molar-refractivity contribution in [2.45, 2.75) is 76.9 Å². The van der Waals surface area contributed by atoms with Crippen molar-refractivity contribution in [2.75, 3.05) is 20.3 Å². The molecule has 156 valence electrons. The summed E-state index contributed by atoms with van der Waals surface area (Å²) in [7, 11) is -0.707. The molecule has 3 atom stereocenters. The summed E-state index contributed by atoms with van der Waals surface area (Å²) in [5, 5.41) is 12.5. The number of carbonyl (C=O) groups is 3. The highest BCUT2D eigenvalue weighted by atomic mass is 28.4. The van der Waals surface area contributed by atoms with Crippen molar-refractivity contribution in [1.29, 1.82) is 0 Å². The molecule has 9 heteroatoms. The molecule has 1 saturated heterocycles. The van der Waals surface area contributed by atoms with Gasteiger partial charge in [-0.25, -0.2) is 4.79 Å². The van der Waals surface area contributed by atoms with E-state index < -0.39 is 38.4 Å². The monoisotopic (exact) mass is 402 g/mol. The van der Waals surface area contributed by atoms with Crippen LogP contribution in [-0.4, -0.2) is 74.6 Å². The molecule has 2 amide bonds. The van der Waals surface area contributed by atoms with Crippen molar-refractivity contribution in [3.63, 3.8) is 0 Å². The highest BCUT2D eigenvalue weighted by molar-refractivity contribution is 6.74. The molecule has 1 aliphatic rings. The van der Waals surface area contributed by atoms with Gasteiger partial charge in [0.15, 0.2) is 8.32 Å². The quantitative estimate of drug-likeness (QED) is 0.487. The molecule has 0 aromatic heterocycles. The molecule has 1 fully saturated rings. The van der Waals surface area contributed by atoms with Gasteiger partial charge in [-0.2, -0.15) is 0 Å². The molecule has 0 aromatic carbocycles. The van der Waals surface area contributed by atoms with Gasteiger partial charge in [0.05, 0.1) is 13.2 Å². The van der Waals surface area contributed by atoms with E-state index in [2.05, 4.69) is 39.2 Å². The maximum Gasteiger partial charge on any atom is 0.328 e. The maximum atomic E-state index is 12.6. The first-order chi connectivity index (χ1) is 12.3. The van der Waals surface area contributed by atoms with Crippen LogP contribution in [0.1, 0.15) is 40.5 Å². The predicted molar refractivity (Wildman–Crippen MR) is 104 cm³/mol. The normalized spacial score (nSPS) is 21.7. The number of aliphatic hydroxyl groups is 1. The molecule has 1 heterocycles. The molecule has 0 saturated carbocycles. The van der Waals surface area contributed by atoms with Crippen LogP contribution in [0.3, 0.4) is 0 Å². The number of hydrogen-bond acceptors (Lipinski definition) is 6. The fourth-order valence-electron chi connectivity index (χ4n) is 2.72. The molecule has 8 nitrogen and oxygen atoms in total. The lowest BCUT2D eigenvalue weighted by Crippen LogP contribution is -2.51. The zero-order valence-electron chi connectivity index (χ0n) is 17.5. The van der Waals surface area contributed by atoms with E-state index in [1.807, 2.05) is 0 Å². The minimum absolute atomic E-state index is 0.0407. The van der Waals surface area contributed by atoms with E-state index >= 15 is 0 Å². The third kappa shape index (κ3) is 6.29. The van der Waals surface area contributed by atoms with Crippen LogP contribution in [0.5, 0.6) is 0 Å². The first-order valence-corrected chi connectivity index (χ1v) is 12.2.